The molecule has 0 amide bonds. The van der Waals surface area contributed by atoms with Gasteiger partial charge in [-0.2, -0.15) is 5.26 Å². The highest BCUT2D eigenvalue weighted by atomic mass is 35.5. The van der Waals surface area contributed by atoms with Crippen molar-refractivity contribution in [2.24, 2.45) is 0 Å². The maximum atomic E-state index is 13.7. The number of nitrogens with zero attached hydrogens (tertiary/aromatic N) is 5. The standard InChI is InChI=1S/C26H21ClF3N7/c27-21-8-17(7-20-23(15(11-31)12-32-25(20)21)34-18-9-26(29,30)10-18)33-24(14-1-3-16(28)4-2-14)22-13-37(36-35-22)19-5-6-19/h1-4,7-8,12-13,18-19,24,33H,5-6,9-10H2,(H,32,34)/i24D. The van der Waals surface area contributed by atoms with Crippen LogP contribution in [0.4, 0.5) is 24.5 Å². The van der Waals surface area contributed by atoms with Crippen molar-refractivity contribution in [2.45, 2.75) is 49.7 Å². The molecule has 2 aliphatic carbocycles. The van der Waals surface area contributed by atoms with E-state index < -0.39 is 23.8 Å². The van der Waals surface area contributed by atoms with Gasteiger partial charge in [0.1, 0.15) is 17.6 Å². The van der Waals surface area contributed by atoms with Crippen LogP contribution in [-0.2, 0) is 0 Å². The predicted octanol–water partition coefficient (Wildman–Crippen LogP) is 6.24. The first-order valence-corrected chi connectivity index (χ1v) is 12.2. The second kappa shape index (κ2) is 8.92. The van der Waals surface area contributed by atoms with Gasteiger partial charge in [-0.1, -0.05) is 28.9 Å². The van der Waals surface area contributed by atoms with E-state index in [1.165, 1.54) is 30.5 Å². The van der Waals surface area contributed by atoms with Crippen LogP contribution in [-0.4, -0.2) is 31.9 Å². The Morgan fingerprint density at radius 1 is 1.22 bits per heavy atom. The van der Waals surface area contributed by atoms with Crippen molar-refractivity contribution in [3.8, 4) is 6.07 Å². The number of hydrogen-bond acceptors (Lipinski definition) is 6. The Labute approximate surface area is 216 Å². The fourth-order valence-corrected chi connectivity index (χ4v) is 4.76. The van der Waals surface area contributed by atoms with Gasteiger partial charge in [0.25, 0.3) is 5.92 Å². The summed E-state index contributed by atoms with van der Waals surface area (Å²) in [5.41, 5.74) is 2.01. The zero-order chi connectivity index (χ0) is 26.7. The zero-order valence-electron chi connectivity index (χ0n) is 20.3. The van der Waals surface area contributed by atoms with Crippen molar-refractivity contribution < 1.29 is 14.5 Å². The first-order chi connectivity index (χ1) is 18.1. The van der Waals surface area contributed by atoms with Gasteiger partial charge in [-0.25, -0.2) is 17.9 Å². The minimum atomic E-state index is -2.74. The van der Waals surface area contributed by atoms with Crippen molar-refractivity contribution in [2.75, 3.05) is 10.6 Å². The Morgan fingerprint density at radius 3 is 2.65 bits per heavy atom. The van der Waals surface area contributed by atoms with Crippen LogP contribution in [0.15, 0.2) is 48.8 Å². The number of nitrogens with one attached hydrogen (secondary N) is 2. The average molecular weight is 525 g/mol. The highest BCUT2D eigenvalue weighted by Crippen LogP contribution is 2.42. The Morgan fingerprint density at radius 2 is 1.97 bits per heavy atom. The minimum absolute atomic E-state index is 0.184. The first kappa shape index (κ1) is 22.4. The van der Waals surface area contributed by atoms with Crippen molar-refractivity contribution in [1.29, 1.82) is 5.26 Å². The first-order valence-electron chi connectivity index (χ1n) is 12.3. The van der Waals surface area contributed by atoms with E-state index in [9.17, 15) is 19.8 Å². The molecule has 2 aliphatic rings. The predicted molar refractivity (Wildman–Crippen MR) is 133 cm³/mol. The van der Waals surface area contributed by atoms with Crippen LogP contribution < -0.4 is 10.6 Å². The van der Waals surface area contributed by atoms with Gasteiger partial charge in [-0.05, 0) is 42.7 Å². The summed E-state index contributed by atoms with van der Waals surface area (Å²) in [4.78, 5) is 4.30. The monoisotopic (exact) mass is 524 g/mol. The highest BCUT2D eigenvalue weighted by Gasteiger charge is 2.45. The van der Waals surface area contributed by atoms with Crippen molar-refractivity contribution in [1.82, 2.24) is 20.0 Å². The second-order valence-corrected chi connectivity index (χ2v) is 9.85. The van der Waals surface area contributed by atoms with Gasteiger partial charge in [-0.3, -0.25) is 4.98 Å². The highest BCUT2D eigenvalue weighted by molar-refractivity contribution is 6.35. The molecular formula is C26H21ClF3N7. The summed E-state index contributed by atoms with van der Waals surface area (Å²) in [5, 5.41) is 25.0. The number of benzene rings is 2. The number of halogens is 4. The van der Waals surface area contributed by atoms with Crippen LogP contribution in [0.5, 0.6) is 0 Å². The van der Waals surface area contributed by atoms with E-state index in [2.05, 4.69) is 32.0 Å². The van der Waals surface area contributed by atoms with E-state index in [4.69, 9.17) is 11.6 Å². The lowest BCUT2D eigenvalue weighted by Gasteiger charge is -2.36. The SMILES string of the molecule is [2H]C(Nc1cc(Cl)c2ncc(C#N)c(NC3CC(F)(F)C3)c2c1)(c1ccc(F)cc1)c1cn(C2CC2)nn1. The molecule has 2 heterocycles. The third-order valence-corrected chi connectivity index (χ3v) is 6.86. The number of hydrogen-bond donors (Lipinski definition) is 2. The number of fused-ring (bicyclic) bond motifs is 1. The Hall–Kier alpha value is -3.84. The van der Waals surface area contributed by atoms with Crippen molar-refractivity contribution >= 4 is 33.9 Å². The van der Waals surface area contributed by atoms with Gasteiger partial charge >= 0.3 is 0 Å². The molecule has 1 atom stereocenters. The smallest absolute Gasteiger partial charge is 0.252 e. The summed E-state index contributed by atoms with van der Waals surface area (Å²) in [5.74, 6) is -3.19. The van der Waals surface area contributed by atoms with Crippen LogP contribution in [0.2, 0.25) is 5.02 Å². The van der Waals surface area contributed by atoms with Gasteiger partial charge in [0.15, 0.2) is 0 Å². The summed E-state index contributed by atoms with van der Waals surface area (Å²) < 4.78 is 51.9. The molecule has 4 aromatic rings. The van der Waals surface area contributed by atoms with E-state index in [-0.39, 0.29) is 29.5 Å². The maximum Gasteiger partial charge on any atom is 0.252 e. The molecule has 0 spiro atoms. The largest absolute Gasteiger partial charge is 0.380 e. The van der Waals surface area contributed by atoms with E-state index in [0.717, 1.165) is 12.8 Å². The van der Waals surface area contributed by atoms with Crippen molar-refractivity contribution in [3.63, 3.8) is 0 Å². The molecule has 0 aliphatic heterocycles. The second-order valence-electron chi connectivity index (χ2n) is 9.44. The number of alkyl halides is 2. The van der Waals surface area contributed by atoms with E-state index >= 15 is 0 Å². The summed E-state index contributed by atoms with van der Waals surface area (Å²) in [7, 11) is 0. The molecule has 0 bridgehead atoms. The third-order valence-electron chi connectivity index (χ3n) is 6.57. The molecule has 7 nitrogen and oxygen atoms in total. The van der Waals surface area contributed by atoms with Crippen LogP contribution in [0.25, 0.3) is 10.9 Å². The molecule has 188 valence electrons. The number of nitriles is 1. The van der Waals surface area contributed by atoms with Crippen LogP contribution in [0.1, 0.15) is 55.9 Å². The van der Waals surface area contributed by atoms with E-state index in [1.807, 2.05) is 0 Å². The molecule has 0 radical (unpaired) electrons. The molecule has 11 heteroatoms. The molecule has 1 unspecified atom stereocenters. The van der Waals surface area contributed by atoms with Crippen molar-refractivity contribution in [3.05, 3.63) is 76.5 Å². The normalized spacial score (nSPS) is 18.9. The quantitative estimate of drug-likeness (QED) is 0.297. The van der Waals surface area contributed by atoms with E-state index in [1.54, 1.807) is 23.0 Å². The summed E-state index contributed by atoms with van der Waals surface area (Å²) in [6, 6.07) is 8.87. The molecule has 2 fully saturated rings. The number of pyridine rings is 1. The van der Waals surface area contributed by atoms with Gasteiger partial charge in [0, 0.05) is 36.2 Å². The number of rotatable bonds is 7. The zero-order valence-corrected chi connectivity index (χ0v) is 20.1. The third kappa shape index (κ3) is 4.67. The topological polar surface area (TPSA) is 91.5 Å². The Kier molecular flexibility index (Phi) is 5.39. The average Bonchev–Trinajstić information content (AvgIpc) is 3.59. The molecule has 6 rings (SSSR count). The molecule has 0 saturated heterocycles. The molecule has 2 aromatic heterocycles. The fraction of sp³-hybridized carbons (Fsp3) is 0.308. The van der Waals surface area contributed by atoms with Crippen LogP contribution in [0.3, 0.4) is 0 Å². The molecular weight excluding hydrogens is 503 g/mol. The number of aromatic nitrogens is 4. The summed E-state index contributed by atoms with van der Waals surface area (Å²) in [6.07, 6.45) is 4.32. The Bertz CT molecular complexity index is 1570. The number of anilines is 2. The van der Waals surface area contributed by atoms with Gasteiger partial charge < -0.3 is 10.6 Å². The molecule has 2 aromatic carbocycles. The maximum absolute atomic E-state index is 13.7. The molecule has 37 heavy (non-hydrogen) atoms. The minimum Gasteiger partial charge on any atom is -0.380 e. The van der Waals surface area contributed by atoms with Crippen LogP contribution >= 0.6 is 11.6 Å². The lowest BCUT2D eigenvalue weighted by atomic mass is 9.87. The lowest BCUT2D eigenvalue weighted by molar-refractivity contribution is -0.0793. The van der Waals surface area contributed by atoms with Crippen LogP contribution in [0, 0.1) is 17.1 Å². The van der Waals surface area contributed by atoms with E-state index in [0.29, 0.717) is 33.5 Å². The molecule has 2 saturated carbocycles. The Balaban J connectivity index is 1.44. The summed E-state index contributed by atoms with van der Waals surface area (Å²) in [6.45, 7) is 0. The van der Waals surface area contributed by atoms with Gasteiger partial charge in [-0.15, -0.1) is 5.10 Å². The van der Waals surface area contributed by atoms with Gasteiger partial charge in [0.05, 0.1) is 41.4 Å². The molecule has 2 N–H and O–H groups in total. The summed E-state index contributed by atoms with van der Waals surface area (Å²) >= 11 is 6.58. The fourth-order valence-electron chi connectivity index (χ4n) is 4.49. The van der Waals surface area contributed by atoms with Gasteiger partial charge in [0.2, 0.25) is 0 Å². The lowest BCUT2D eigenvalue weighted by Crippen LogP contribution is -2.44.